The third-order valence-corrected chi connectivity index (χ3v) is 3.98. The number of carbonyl (C=O) groups excluding carboxylic acids is 1. The van der Waals surface area contributed by atoms with E-state index in [0.717, 1.165) is 17.7 Å². The third-order valence-electron chi connectivity index (χ3n) is 3.98. The van der Waals surface area contributed by atoms with Gasteiger partial charge in [0.15, 0.2) is 0 Å². The summed E-state index contributed by atoms with van der Waals surface area (Å²) in [4.78, 5) is 16.6. The van der Waals surface area contributed by atoms with Gasteiger partial charge in [-0.05, 0) is 48.9 Å². The Bertz CT molecular complexity index is 888. The van der Waals surface area contributed by atoms with Crippen LogP contribution in [-0.4, -0.2) is 22.1 Å². The molecule has 1 amide bonds. The number of benzene rings is 1. The summed E-state index contributed by atoms with van der Waals surface area (Å²) in [6, 6.07) is 14.7. The summed E-state index contributed by atoms with van der Waals surface area (Å²) in [5.41, 5.74) is 1.40. The molecule has 0 saturated carbocycles. The van der Waals surface area contributed by atoms with Crippen molar-refractivity contribution < 1.29 is 14.3 Å². The van der Waals surface area contributed by atoms with Crippen LogP contribution in [0, 0.1) is 0 Å². The minimum atomic E-state index is -0.144. The highest BCUT2D eigenvalue weighted by Gasteiger charge is 2.11. The lowest BCUT2D eigenvalue weighted by molar-refractivity contribution is 0.0942. The van der Waals surface area contributed by atoms with Gasteiger partial charge in [0, 0.05) is 31.5 Å². The first-order valence-corrected chi connectivity index (χ1v) is 8.91. The van der Waals surface area contributed by atoms with Crippen molar-refractivity contribution in [2.24, 2.45) is 7.05 Å². The van der Waals surface area contributed by atoms with Crippen molar-refractivity contribution in [2.75, 3.05) is 6.61 Å². The SMILES string of the molecule is CCCOc1ccc(Oc2ncccc2CNC(=O)c2cccn2C)cc1. The molecule has 6 heteroatoms. The van der Waals surface area contributed by atoms with Crippen LogP contribution in [0.1, 0.15) is 29.4 Å². The number of ether oxygens (including phenoxy) is 2. The molecular formula is C21H23N3O3. The van der Waals surface area contributed by atoms with Gasteiger partial charge >= 0.3 is 0 Å². The Morgan fingerprint density at radius 1 is 1.11 bits per heavy atom. The van der Waals surface area contributed by atoms with Crippen LogP contribution in [0.15, 0.2) is 60.9 Å². The number of nitrogens with zero attached hydrogens (tertiary/aromatic N) is 2. The Morgan fingerprint density at radius 3 is 2.59 bits per heavy atom. The molecule has 3 aromatic rings. The number of aromatic nitrogens is 2. The van der Waals surface area contributed by atoms with Gasteiger partial charge in [-0.2, -0.15) is 0 Å². The molecular weight excluding hydrogens is 342 g/mol. The number of carbonyl (C=O) groups is 1. The quantitative estimate of drug-likeness (QED) is 0.657. The standard InChI is InChI=1S/C21H23N3O3/c1-3-14-26-17-8-10-18(11-9-17)27-21-16(6-4-12-22-21)15-23-20(25)19-7-5-13-24(19)2/h4-13H,3,14-15H2,1-2H3,(H,23,25). The van der Waals surface area contributed by atoms with E-state index in [-0.39, 0.29) is 5.91 Å². The molecule has 0 unspecified atom stereocenters. The molecule has 0 fully saturated rings. The van der Waals surface area contributed by atoms with Crippen molar-refractivity contribution in [3.63, 3.8) is 0 Å². The second kappa shape index (κ2) is 8.89. The van der Waals surface area contributed by atoms with Crippen LogP contribution in [0.3, 0.4) is 0 Å². The summed E-state index contributed by atoms with van der Waals surface area (Å²) in [7, 11) is 1.83. The minimum Gasteiger partial charge on any atom is -0.494 e. The molecule has 1 aromatic carbocycles. The molecule has 0 atom stereocenters. The molecule has 0 aliphatic heterocycles. The molecule has 140 valence electrons. The van der Waals surface area contributed by atoms with Crippen LogP contribution >= 0.6 is 0 Å². The Labute approximate surface area is 158 Å². The zero-order valence-electron chi connectivity index (χ0n) is 15.5. The number of pyridine rings is 1. The van der Waals surface area contributed by atoms with E-state index < -0.39 is 0 Å². The fraction of sp³-hybridized carbons (Fsp3) is 0.238. The lowest BCUT2D eigenvalue weighted by Crippen LogP contribution is -2.25. The average molecular weight is 365 g/mol. The first kappa shape index (κ1) is 18.5. The zero-order valence-corrected chi connectivity index (χ0v) is 15.5. The maximum absolute atomic E-state index is 12.3. The number of hydrogen-bond donors (Lipinski definition) is 1. The van der Waals surface area contributed by atoms with Crippen LogP contribution in [0.25, 0.3) is 0 Å². The zero-order chi connectivity index (χ0) is 19.1. The third kappa shape index (κ3) is 4.88. The molecule has 1 N–H and O–H groups in total. The summed E-state index contributed by atoms with van der Waals surface area (Å²) in [5, 5.41) is 2.90. The van der Waals surface area contributed by atoms with E-state index in [0.29, 0.717) is 30.5 Å². The highest BCUT2D eigenvalue weighted by atomic mass is 16.5. The van der Waals surface area contributed by atoms with Crippen LogP contribution < -0.4 is 14.8 Å². The van der Waals surface area contributed by atoms with Gasteiger partial charge in [0.25, 0.3) is 5.91 Å². The second-order valence-corrected chi connectivity index (χ2v) is 6.08. The molecule has 2 aromatic heterocycles. The Kier molecular flexibility index (Phi) is 6.10. The summed E-state index contributed by atoms with van der Waals surface area (Å²) in [6.45, 7) is 3.08. The van der Waals surface area contributed by atoms with E-state index in [1.54, 1.807) is 16.8 Å². The van der Waals surface area contributed by atoms with Gasteiger partial charge < -0.3 is 19.4 Å². The van der Waals surface area contributed by atoms with E-state index in [2.05, 4.69) is 17.2 Å². The number of amides is 1. The van der Waals surface area contributed by atoms with Gasteiger partial charge in [0.1, 0.15) is 17.2 Å². The number of hydrogen-bond acceptors (Lipinski definition) is 4. The van der Waals surface area contributed by atoms with E-state index in [1.165, 1.54) is 0 Å². The van der Waals surface area contributed by atoms with Crippen molar-refractivity contribution in [3.05, 3.63) is 72.2 Å². The van der Waals surface area contributed by atoms with Gasteiger partial charge in [0.05, 0.1) is 6.61 Å². The van der Waals surface area contributed by atoms with Crippen molar-refractivity contribution in [2.45, 2.75) is 19.9 Å². The fourth-order valence-electron chi connectivity index (χ4n) is 2.55. The highest BCUT2D eigenvalue weighted by molar-refractivity contribution is 5.92. The van der Waals surface area contributed by atoms with Gasteiger partial charge in [-0.25, -0.2) is 4.98 Å². The molecule has 2 heterocycles. The van der Waals surface area contributed by atoms with Crippen LogP contribution in [0.4, 0.5) is 0 Å². The molecule has 0 saturated heterocycles. The largest absolute Gasteiger partial charge is 0.494 e. The monoisotopic (exact) mass is 365 g/mol. The molecule has 0 aliphatic rings. The van der Waals surface area contributed by atoms with Crippen molar-refractivity contribution in [1.82, 2.24) is 14.9 Å². The average Bonchev–Trinajstić information content (AvgIpc) is 3.12. The van der Waals surface area contributed by atoms with Gasteiger partial charge in [0.2, 0.25) is 5.88 Å². The van der Waals surface area contributed by atoms with Crippen LogP contribution in [0.2, 0.25) is 0 Å². The Balaban J connectivity index is 1.65. The van der Waals surface area contributed by atoms with Crippen molar-refractivity contribution >= 4 is 5.91 Å². The maximum Gasteiger partial charge on any atom is 0.268 e. The summed E-state index contributed by atoms with van der Waals surface area (Å²) < 4.78 is 13.2. The number of nitrogens with one attached hydrogen (secondary N) is 1. The van der Waals surface area contributed by atoms with Crippen LogP contribution in [-0.2, 0) is 13.6 Å². The molecule has 0 radical (unpaired) electrons. The molecule has 3 rings (SSSR count). The first-order chi connectivity index (χ1) is 13.2. The predicted molar refractivity (Wildman–Crippen MR) is 103 cm³/mol. The summed E-state index contributed by atoms with van der Waals surface area (Å²) >= 11 is 0. The van der Waals surface area contributed by atoms with E-state index in [4.69, 9.17) is 9.47 Å². The summed E-state index contributed by atoms with van der Waals surface area (Å²) in [6.07, 6.45) is 4.46. The minimum absolute atomic E-state index is 0.144. The van der Waals surface area contributed by atoms with Crippen molar-refractivity contribution in [1.29, 1.82) is 0 Å². The van der Waals surface area contributed by atoms with E-state index >= 15 is 0 Å². The van der Waals surface area contributed by atoms with E-state index in [9.17, 15) is 4.79 Å². The smallest absolute Gasteiger partial charge is 0.268 e. The van der Waals surface area contributed by atoms with Gasteiger partial charge in [-0.3, -0.25) is 4.79 Å². The molecule has 6 nitrogen and oxygen atoms in total. The van der Waals surface area contributed by atoms with Crippen molar-refractivity contribution in [3.8, 4) is 17.4 Å². The second-order valence-electron chi connectivity index (χ2n) is 6.08. The predicted octanol–water partition coefficient (Wildman–Crippen LogP) is 3.93. The fourth-order valence-corrected chi connectivity index (χ4v) is 2.55. The molecule has 0 spiro atoms. The lowest BCUT2D eigenvalue weighted by atomic mass is 10.2. The maximum atomic E-state index is 12.3. The van der Waals surface area contributed by atoms with Crippen LogP contribution in [0.5, 0.6) is 17.4 Å². The summed E-state index contributed by atoms with van der Waals surface area (Å²) in [5.74, 6) is 1.79. The molecule has 0 aliphatic carbocycles. The normalized spacial score (nSPS) is 10.4. The first-order valence-electron chi connectivity index (χ1n) is 8.91. The van der Waals surface area contributed by atoms with Gasteiger partial charge in [-0.15, -0.1) is 0 Å². The molecule has 0 bridgehead atoms. The Morgan fingerprint density at radius 2 is 1.89 bits per heavy atom. The lowest BCUT2D eigenvalue weighted by Gasteiger charge is -2.12. The topological polar surface area (TPSA) is 65.4 Å². The Hall–Kier alpha value is -3.28. The highest BCUT2D eigenvalue weighted by Crippen LogP contribution is 2.25. The number of aryl methyl sites for hydroxylation is 1. The molecule has 27 heavy (non-hydrogen) atoms. The van der Waals surface area contributed by atoms with Gasteiger partial charge in [-0.1, -0.05) is 13.0 Å². The number of rotatable bonds is 8. The van der Waals surface area contributed by atoms with E-state index in [1.807, 2.05) is 55.7 Å².